The van der Waals surface area contributed by atoms with Gasteiger partial charge in [-0.1, -0.05) is 12.1 Å². The quantitative estimate of drug-likeness (QED) is 0.691. The van der Waals surface area contributed by atoms with E-state index in [1.807, 2.05) is 4.90 Å². The van der Waals surface area contributed by atoms with Crippen LogP contribution in [-0.4, -0.2) is 37.0 Å². The first-order valence-corrected chi connectivity index (χ1v) is 9.79. The minimum absolute atomic E-state index is 0.00115. The van der Waals surface area contributed by atoms with Crippen molar-refractivity contribution in [3.63, 3.8) is 0 Å². The molecule has 2 aromatic rings. The lowest BCUT2D eigenvalue weighted by molar-refractivity contribution is -0.137. The number of nitrogens with zero attached hydrogens (tertiary/aromatic N) is 2. The molecule has 3 nitrogen and oxygen atoms in total. The second-order valence-electron chi connectivity index (χ2n) is 7.71. The molecule has 0 spiro atoms. The average Bonchev–Trinajstić information content (AvgIpc) is 3.51. The number of carbonyl (C=O) groups is 1. The molecule has 4 rings (SSSR count). The van der Waals surface area contributed by atoms with Crippen molar-refractivity contribution in [1.29, 1.82) is 0 Å². The Bertz CT molecular complexity index is 864. The number of rotatable bonds is 3. The molecule has 0 radical (unpaired) electrons. The van der Waals surface area contributed by atoms with E-state index in [4.69, 9.17) is 0 Å². The van der Waals surface area contributed by atoms with Crippen LogP contribution in [0.2, 0.25) is 0 Å². The minimum Gasteiger partial charge on any atom is -0.370 e. The first kappa shape index (κ1) is 19.7. The van der Waals surface area contributed by atoms with Crippen molar-refractivity contribution in [2.45, 2.75) is 24.9 Å². The largest absolute Gasteiger partial charge is 0.416 e. The van der Waals surface area contributed by atoms with Gasteiger partial charge in [0, 0.05) is 37.8 Å². The zero-order valence-corrected chi connectivity index (χ0v) is 15.8. The van der Waals surface area contributed by atoms with Crippen LogP contribution in [0.3, 0.4) is 0 Å². The molecule has 1 heterocycles. The average molecular weight is 406 g/mol. The van der Waals surface area contributed by atoms with Crippen LogP contribution < -0.4 is 4.90 Å². The van der Waals surface area contributed by atoms with Gasteiger partial charge in [0.15, 0.2) is 0 Å². The van der Waals surface area contributed by atoms with E-state index in [1.165, 1.54) is 24.3 Å². The third kappa shape index (κ3) is 4.38. The van der Waals surface area contributed by atoms with Crippen LogP contribution in [0.25, 0.3) is 0 Å². The number of anilines is 1. The molecule has 7 heteroatoms. The normalized spacial score (nSPS) is 22.3. The molecule has 2 atom stereocenters. The fourth-order valence-electron chi connectivity index (χ4n) is 4.04. The predicted octanol–water partition coefficient (Wildman–Crippen LogP) is 4.69. The van der Waals surface area contributed by atoms with Gasteiger partial charge in [-0.05, 0) is 60.7 Å². The Morgan fingerprint density at radius 1 is 0.897 bits per heavy atom. The van der Waals surface area contributed by atoms with Crippen molar-refractivity contribution >= 4 is 11.6 Å². The molecule has 1 aliphatic heterocycles. The third-order valence-corrected chi connectivity index (χ3v) is 5.77. The summed E-state index contributed by atoms with van der Waals surface area (Å²) >= 11 is 0. The predicted molar refractivity (Wildman–Crippen MR) is 102 cm³/mol. The Hall–Kier alpha value is -2.57. The van der Waals surface area contributed by atoms with Crippen molar-refractivity contribution in [2.75, 3.05) is 31.1 Å². The third-order valence-electron chi connectivity index (χ3n) is 5.77. The van der Waals surface area contributed by atoms with Crippen molar-refractivity contribution in [2.24, 2.45) is 5.92 Å². The number of carbonyl (C=O) groups excluding carboxylic acids is 1. The van der Waals surface area contributed by atoms with E-state index in [9.17, 15) is 22.4 Å². The summed E-state index contributed by atoms with van der Waals surface area (Å²) in [7, 11) is 0. The van der Waals surface area contributed by atoms with E-state index in [0.29, 0.717) is 26.1 Å². The molecule has 0 bridgehead atoms. The summed E-state index contributed by atoms with van der Waals surface area (Å²) in [6, 6.07) is 11.5. The van der Waals surface area contributed by atoms with Gasteiger partial charge < -0.3 is 9.80 Å². The van der Waals surface area contributed by atoms with Crippen LogP contribution in [0.15, 0.2) is 48.5 Å². The molecule has 0 aromatic heterocycles. The Morgan fingerprint density at radius 2 is 1.59 bits per heavy atom. The summed E-state index contributed by atoms with van der Waals surface area (Å²) in [4.78, 5) is 16.9. The molecule has 1 saturated carbocycles. The van der Waals surface area contributed by atoms with Gasteiger partial charge in [0.1, 0.15) is 5.82 Å². The number of hydrogen-bond acceptors (Lipinski definition) is 2. The zero-order valence-electron chi connectivity index (χ0n) is 15.8. The Morgan fingerprint density at radius 3 is 2.24 bits per heavy atom. The lowest BCUT2D eigenvalue weighted by Gasteiger charge is -2.24. The maximum Gasteiger partial charge on any atom is 0.416 e. The van der Waals surface area contributed by atoms with Crippen LogP contribution in [0.1, 0.15) is 29.9 Å². The van der Waals surface area contributed by atoms with Gasteiger partial charge in [-0.25, -0.2) is 4.39 Å². The summed E-state index contributed by atoms with van der Waals surface area (Å²) in [5.41, 5.74) is 1.06. The van der Waals surface area contributed by atoms with Crippen molar-refractivity contribution in [1.82, 2.24) is 4.90 Å². The highest BCUT2D eigenvalue weighted by Crippen LogP contribution is 2.49. The van der Waals surface area contributed by atoms with Crippen LogP contribution in [0.4, 0.5) is 23.2 Å². The van der Waals surface area contributed by atoms with Crippen LogP contribution >= 0.6 is 0 Å². The number of halogens is 4. The maximum atomic E-state index is 13.1. The number of benzene rings is 2. The highest BCUT2D eigenvalue weighted by atomic mass is 19.4. The Labute approximate surface area is 166 Å². The standard InChI is InChI=1S/C22H22F4N2O/c23-17-6-8-18(9-7-17)27-10-1-11-28(13-12-27)21(29)20-14-19(20)15-2-4-16(5-3-15)22(24,25)26/h2-9,19-20H,1,10-14H2. The first-order valence-electron chi connectivity index (χ1n) is 9.79. The zero-order chi connectivity index (χ0) is 20.6. The number of hydrogen-bond donors (Lipinski definition) is 0. The Kier molecular flexibility index (Phi) is 5.23. The molecular weight excluding hydrogens is 384 g/mol. The van der Waals surface area contributed by atoms with Crippen molar-refractivity contribution < 1.29 is 22.4 Å². The first-order chi connectivity index (χ1) is 13.8. The van der Waals surface area contributed by atoms with Crippen molar-refractivity contribution in [3.8, 4) is 0 Å². The van der Waals surface area contributed by atoms with E-state index in [0.717, 1.165) is 36.3 Å². The summed E-state index contributed by atoms with van der Waals surface area (Å²) in [6.45, 7) is 2.72. The molecule has 2 aromatic carbocycles. The van der Waals surface area contributed by atoms with E-state index in [1.54, 1.807) is 12.1 Å². The second-order valence-corrected chi connectivity index (χ2v) is 7.71. The summed E-state index contributed by atoms with van der Waals surface area (Å²) < 4.78 is 51.3. The van der Waals surface area contributed by atoms with Gasteiger partial charge in [0.25, 0.3) is 0 Å². The molecule has 1 saturated heterocycles. The van der Waals surface area contributed by atoms with Gasteiger partial charge in [-0.3, -0.25) is 4.79 Å². The lowest BCUT2D eigenvalue weighted by Crippen LogP contribution is -2.36. The summed E-state index contributed by atoms with van der Waals surface area (Å²) in [5, 5.41) is 0. The van der Waals surface area contributed by atoms with Gasteiger partial charge in [0.05, 0.1) is 5.56 Å². The van der Waals surface area contributed by atoms with E-state index < -0.39 is 11.7 Å². The molecule has 2 fully saturated rings. The van der Waals surface area contributed by atoms with Gasteiger partial charge in [0.2, 0.25) is 5.91 Å². The van der Waals surface area contributed by atoms with Crippen LogP contribution in [0.5, 0.6) is 0 Å². The highest BCUT2D eigenvalue weighted by molar-refractivity contribution is 5.83. The van der Waals surface area contributed by atoms with Crippen LogP contribution in [-0.2, 0) is 11.0 Å². The summed E-state index contributed by atoms with van der Waals surface area (Å²) in [5.74, 6) is -0.343. The highest BCUT2D eigenvalue weighted by Gasteiger charge is 2.46. The fourth-order valence-corrected chi connectivity index (χ4v) is 4.04. The van der Waals surface area contributed by atoms with Gasteiger partial charge in [-0.2, -0.15) is 13.2 Å². The number of amides is 1. The SMILES string of the molecule is O=C(C1CC1c1ccc(C(F)(F)F)cc1)N1CCCN(c2ccc(F)cc2)CC1. The molecule has 2 unspecified atom stereocenters. The Balaban J connectivity index is 1.35. The van der Waals surface area contributed by atoms with Gasteiger partial charge in [-0.15, -0.1) is 0 Å². The van der Waals surface area contributed by atoms with E-state index >= 15 is 0 Å². The second kappa shape index (κ2) is 7.69. The minimum atomic E-state index is -4.35. The van der Waals surface area contributed by atoms with E-state index in [2.05, 4.69) is 4.90 Å². The smallest absolute Gasteiger partial charge is 0.370 e. The molecule has 1 amide bonds. The molecule has 154 valence electrons. The lowest BCUT2D eigenvalue weighted by atomic mass is 10.1. The molecule has 1 aliphatic carbocycles. The van der Waals surface area contributed by atoms with E-state index in [-0.39, 0.29) is 23.6 Å². The summed E-state index contributed by atoms with van der Waals surface area (Å²) in [6.07, 6.45) is -2.84. The van der Waals surface area contributed by atoms with Gasteiger partial charge >= 0.3 is 6.18 Å². The number of alkyl halides is 3. The fraction of sp³-hybridized carbons (Fsp3) is 0.409. The molecular formula is C22H22F4N2O. The maximum absolute atomic E-state index is 13.1. The van der Waals surface area contributed by atoms with Crippen LogP contribution in [0, 0.1) is 11.7 Å². The molecule has 0 N–H and O–H groups in total. The van der Waals surface area contributed by atoms with Crippen molar-refractivity contribution in [3.05, 3.63) is 65.5 Å². The molecule has 29 heavy (non-hydrogen) atoms. The monoisotopic (exact) mass is 406 g/mol. The molecule has 2 aliphatic rings. The topological polar surface area (TPSA) is 23.6 Å².